The number of nitrogens with zero attached hydrogens (tertiary/aromatic N) is 3. The molecule has 1 aliphatic carbocycles. The Hall–Kier alpha value is -2.04. The number of anilines is 1. The minimum Gasteiger partial charge on any atom is -0.296 e. The average Bonchev–Trinajstić information content (AvgIpc) is 3.25. The highest BCUT2D eigenvalue weighted by Crippen LogP contribution is 2.35. The lowest BCUT2D eigenvalue weighted by atomic mass is 9.90. The highest BCUT2D eigenvalue weighted by Gasteiger charge is 2.20. The van der Waals surface area contributed by atoms with Crippen LogP contribution in [0.4, 0.5) is 5.13 Å². The summed E-state index contributed by atoms with van der Waals surface area (Å²) in [4.78, 5) is 13.1. The van der Waals surface area contributed by atoms with Crippen molar-refractivity contribution in [1.29, 1.82) is 5.26 Å². The van der Waals surface area contributed by atoms with Gasteiger partial charge < -0.3 is 0 Å². The second-order valence-electron chi connectivity index (χ2n) is 5.42. The monoisotopic (exact) mass is 344 g/mol. The second-order valence-corrected chi connectivity index (χ2v) is 7.41. The number of nitriles is 1. The number of carbonyl (C=O) groups is 1. The number of carbonyl (C=O) groups excluding carboxylic acids is 1. The zero-order chi connectivity index (χ0) is 16.1. The van der Waals surface area contributed by atoms with E-state index >= 15 is 0 Å². The van der Waals surface area contributed by atoms with Crippen LogP contribution >= 0.6 is 22.7 Å². The third-order valence-corrected chi connectivity index (χ3v) is 5.63. The molecule has 1 N–H and O–H groups in total. The third-order valence-electron chi connectivity index (χ3n) is 3.81. The average molecular weight is 344 g/mol. The van der Waals surface area contributed by atoms with Gasteiger partial charge in [-0.25, -0.2) is 0 Å². The summed E-state index contributed by atoms with van der Waals surface area (Å²) >= 11 is 2.90. The number of aromatic nitrogens is 2. The van der Waals surface area contributed by atoms with Gasteiger partial charge in [0, 0.05) is 10.8 Å². The molecule has 7 heteroatoms. The molecule has 0 aromatic carbocycles. The predicted molar refractivity (Wildman–Crippen MR) is 92.3 cm³/mol. The van der Waals surface area contributed by atoms with Crippen LogP contribution in [-0.2, 0) is 4.79 Å². The molecule has 0 aliphatic heterocycles. The van der Waals surface area contributed by atoms with Crippen LogP contribution in [0.3, 0.4) is 0 Å². The van der Waals surface area contributed by atoms with Crippen LogP contribution in [0, 0.1) is 11.3 Å². The van der Waals surface area contributed by atoms with Gasteiger partial charge in [-0.05, 0) is 30.4 Å². The standard InChI is InChI=1S/C16H16N4OS2/c17-10-12(9-13-7-4-8-22-13)14(21)18-16-20-19-15(23-16)11-5-2-1-3-6-11/h4,7-9,11H,1-3,5-6H2,(H,18,20,21)/b12-9-. The van der Waals surface area contributed by atoms with Crippen LogP contribution < -0.4 is 5.32 Å². The molecule has 1 saturated carbocycles. The molecule has 1 fully saturated rings. The van der Waals surface area contributed by atoms with Crippen molar-refractivity contribution in [3.63, 3.8) is 0 Å². The number of amides is 1. The van der Waals surface area contributed by atoms with E-state index < -0.39 is 5.91 Å². The number of nitrogens with one attached hydrogen (secondary N) is 1. The van der Waals surface area contributed by atoms with Gasteiger partial charge >= 0.3 is 0 Å². The van der Waals surface area contributed by atoms with Gasteiger partial charge in [0.2, 0.25) is 5.13 Å². The van der Waals surface area contributed by atoms with Gasteiger partial charge in [0.15, 0.2) is 0 Å². The first-order chi connectivity index (χ1) is 11.3. The zero-order valence-electron chi connectivity index (χ0n) is 12.5. The molecule has 2 aromatic heterocycles. The van der Waals surface area contributed by atoms with Crippen molar-refractivity contribution >= 4 is 39.8 Å². The van der Waals surface area contributed by atoms with Gasteiger partial charge in [0.05, 0.1) is 0 Å². The van der Waals surface area contributed by atoms with Gasteiger partial charge in [-0.2, -0.15) is 5.26 Å². The van der Waals surface area contributed by atoms with Crippen molar-refractivity contribution in [3.8, 4) is 6.07 Å². The molecule has 0 saturated heterocycles. The Balaban J connectivity index is 1.68. The molecule has 2 aromatic rings. The lowest BCUT2D eigenvalue weighted by Crippen LogP contribution is -2.13. The SMILES string of the molecule is N#C/C(=C/c1cccs1)C(=O)Nc1nnc(C2CCCCC2)s1. The van der Waals surface area contributed by atoms with Crippen LogP contribution in [0.15, 0.2) is 23.1 Å². The van der Waals surface area contributed by atoms with E-state index in [9.17, 15) is 10.1 Å². The van der Waals surface area contributed by atoms with E-state index in [0.29, 0.717) is 11.0 Å². The topological polar surface area (TPSA) is 78.7 Å². The minimum atomic E-state index is -0.438. The van der Waals surface area contributed by atoms with Crippen molar-refractivity contribution in [2.45, 2.75) is 38.0 Å². The molecular weight excluding hydrogens is 328 g/mol. The fourth-order valence-electron chi connectivity index (χ4n) is 2.63. The van der Waals surface area contributed by atoms with Gasteiger partial charge in [0.1, 0.15) is 16.6 Å². The van der Waals surface area contributed by atoms with Crippen molar-refractivity contribution in [2.24, 2.45) is 0 Å². The van der Waals surface area contributed by atoms with E-state index in [1.807, 2.05) is 23.6 Å². The lowest BCUT2D eigenvalue weighted by Gasteiger charge is -2.18. The smallest absolute Gasteiger partial charge is 0.268 e. The molecular formula is C16H16N4OS2. The molecule has 3 rings (SSSR count). The fourth-order valence-corrected chi connectivity index (χ4v) is 4.19. The van der Waals surface area contributed by atoms with Crippen molar-refractivity contribution in [3.05, 3.63) is 33.0 Å². The summed E-state index contributed by atoms with van der Waals surface area (Å²) in [6.45, 7) is 0. The molecule has 2 heterocycles. The molecule has 0 bridgehead atoms. The van der Waals surface area contributed by atoms with Crippen molar-refractivity contribution < 1.29 is 4.79 Å². The maximum absolute atomic E-state index is 12.2. The summed E-state index contributed by atoms with van der Waals surface area (Å²) in [5.41, 5.74) is 0.0712. The lowest BCUT2D eigenvalue weighted by molar-refractivity contribution is -0.112. The quantitative estimate of drug-likeness (QED) is 0.666. The van der Waals surface area contributed by atoms with Gasteiger partial charge in [-0.1, -0.05) is 36.7 Å². The first kappa shape index (κ1) is 15.8. The highest BCUT2D eigenvalue weighted by atomic mass is 32.1. The predicted octanol–water partition coefficient (Wildman–Crippen LogP) is 4.19. The van der Waals surface area contributed by atoms with E-state index in [1.54, 1.807) is 6.08 Å². The summed E-state index contributed by atoms with van der Waals surface area (Å²) in [7, 11) is 0. The number of hydrogen-bond acceptors (Lipinski definition) is 6. The van der Waals surface area contributed by atoms with Crippen LogP contribution in [0.5, 0.6) is 0 Å². The summed E-state index contributed by atoms with van der Waals surface area (Å²) in [5.74, 6) is 0.0243. The Kier molecular flexibility index (Phi) is 5.16. The molecule has 0 atom stereocenters. The molecule has 0 radical (unpaired) electrons. The van der Waals surface area contributed by atoms with Crippen molar-refractivity contribution in [1.82, 2.24) is 10.2 Å². The van der Waals surface area contributed by atoms with Gasteiger partial charge in [-0.15, -0.1) is 21.5 Å². The Morgan fingerprint density at radius 2 is 2.17 bits per heavy atom. The van der Waals surface area contributed by atoms with Crippen molar-refractivity contribution in [2.75, 3.05) is 5.32 Å². The maximum Gasteiger partial charge on any atom is 0.268 e. The Morgan fingerprint density at radius 1 is 1.35 bits per heavy atom. The van der Waals surface area contributed by atoms with Crippen LogP contribution in [0.25, 0.3) is 6.08 Å². The fraction of sp³-hybridized carbons (Fsp3) is 0.375. The van der Waals surface area contributed by atoms with E-state index in [1.165, 1.54) is 41.9 Å². The normalized spacial score (nSPS) is 16.0. The maximum atomic E-state index is 12.2. The van der Waals surface area contributed by atoms with Crippen LogP contribution in [0.1, 0.15) is 47.9 Å². The van der Waals surface area contributed by atoms with Gasteiger partial charge in [-0.3, -0.25) is 10.1 Å². The van der Waals surface area contributed by atoms with Crippen LogP contribution in [0.2, 0.25) is 0 Å². The number of hydrogen-bond donors (Lipinski definition) is 1. The summed E-state index contributed by atoms with van der Waals surface area (Å²) in [6, 6.07) is 5.68. The highest BCUT2D eigenvalue weighted by molar-refractivity contribution is 7.15. The molecule has 23 heavy (non-hydrogen) atoms. The summed E-state index contributed by atoms with van der Waals surface area (Å²) in [6.07, 6.45) is 7.62. The van der Waals surface area contributed by atoms with E-state index in [0.717, 1.165) is 22.7 Å². The van der Waals surface area contributed by atoms with E-state index in [4.69, 9.17) is 0 Å². The zero-order valence-corrected chi connectivity index (χ0v) is 14.1. The molecule has 0 unspecified atom stereocenters. The third kappa shape index (κ3) is 4.03. The van der Waals surface area contributed by atoms with Gasteiger partial charge in [0.25, 0.3) is 5.91 Å². The Labute approximate surface area is 142 Å². The van der Waals surface area contributed by atoms with Crippen LogP contribution in [-0.4, -0.2) is 16.1 Å². The summed E-state index contributed by atoms with van der Waals surface area (Å²) in [5, 5.41) is 23.5. The largest absolute Gasteiger partial charge is 0.296 e. The second kappa shape index (κ2) is 7.49. The molecule has 1 amide bonds. The molecule has 118 valence electrons. The van der Waals surface area contributed by atoms with E-state index in [2.05, 4.69) is 15.5 Å². The Morgan fingerprint density at radius 3 is 2.87 bits per heavy atom. The first-order valence-electron chi connectivity index (χ1n) is 7.56. The number of thiophene rings is 1. The molecule has 5 nitrogen and oxygen atoms in total. The van der Waals surface area contributed by atoms with E-state index in [-0.39, 0.29) is 5.57 Å². The molecule has 0 spiro atoms. The molecule has 1 aliphatic rings. The number of rotatable bonds is 4. The first-order valence-corrected chi connectivity index (χ1v) is 9.26. The Bertz CT molecular complexity index is 736. The minimum absolute atomic E-state index is 0.0712. The summed E-state index contributed by atoms with van der Waals surface area (Å²) < 4.78 is 0.